The predicted molar refractivity (Wildman–Crippen MR) is 84.7 cm³/mol. The van der Waals surface area contributed by atoms with Gasteiger partial charge in [0.2, 0.25) is 0 Å². The number of hydrogen-bond donors (Lipinski definition) is 1. The van der Waals surface area contributed by atoms with Crippen molar-refractivity contribution in [2.45, 2.75) is 17.0 Å². The average molecular weight is 424 g/mol. The Morgan fingerprint density at radius 2 is 1.57 bits per heavy atom. The maximum Gasteiger partial charge on any atom is 0.433 e. The van der Waals surface area contributed by atoms with Gasteiger partial charge in [0.1, 0.15) is 26.8 Å². The van der Waals surface area contributed by atoms with Crippen molar-refractivity contribution in [3.05, 3.63) is 43.7 Å². The monoisotopic (exact) mass is 422 g/mol. The minimum Gasteiger partial charge on any atom is -0.508 e. The van der Waals surface area contributed by atoms with Crippen molar-refractivity contribution < 1.29 is 18.3 Å². The summed E-state index contributed by atoms with van der Waals surface area (Å²) in [4.78, 5) is 7.14. The highest BCUT2D eigenvalue weighted by molar-refractivity contribution is 7.98. The summed E-state index contributed by atoms with van der Waals surface area (Å²) in [5, 5.41) is 9.28. The van der Waals surface area contributed by atoms with Crippen LogP contribution in [0.5, 0.6) is 5.75 Å². The zero-order valence-electron chi connectivity index (χ0n) is 10.8. The van der Waals surface area contributed by atoms with Crippen LogP contribution in [-0.4, -0.2) is 15.1 Å². The molecule has 0 amide bonds. The summed E-state index contributed by atoms with van der Waals surface area (Å²) in [6.45, 7) is 0. The smallest absolute Gasteiger partial charge is 0.433 e. The third kappa shape index (κ3) is 4.48. The molecule has 0 saturated carbocycles. The fraction of sp³-hybridized carbons (Fsp3) is 0.167. The molecule has 0 bridgehead atoms. The number of aromatic nitrogens is 2. The van der Waals surface area contributed by atoms with E-state index in [1.807, 2.05) is 0 Å². The number of halogens is 7. The lowest BCUT2D eigenvalue weighted by atomic mass is 10.3. The fourth-order valence-electron chi connectivity index (χ4n) is 1.51. The van der Waals surface area contributed by atoms with Crippen LogP contribution in [0.15, 0.2) is 17.2 Å². The molecule has 3 nitrogen and oxygen atoms in total. The summed E-state index contributed by atoms with van der Waals surface area (Å²) in [7, 11) is 0. The Morgan fingerprint density at radius 1 is 1.00 bits per heavy atom. The Bertz CT molecular complexity index is 732. The van der Waals surface area contributed by atoms with Crippen LogP contribution < -0.4 is 0 Å². The maximum atomic E-state index is 12.7. The standard InChI is InChI=1S/C12H5Cl4F3N2OS/c13-8-5(9(14)11(16)21-10(8)15)3-23-7-2-4(22)1-6(20-7)12(17,18)19/h1-2H,3H2,(H,20,22). The van der Waals surface area contributed by atoms with Crippen LogP contribution in [0.3, 0.4) is 0 Å². The SMILES string of the molecule is Oc1cc(SCc2c(Cl)c(Cl)nc(Cl)c2Cl)nc(C(F)(F)F)c1. The lowest BCUT2D eigenvalue weighted by Crippen LogP contribution is -2.08. The van der Waals surface area contributed by atoms with Crippen LogP contribution in [-0.2, 0) is 11.9 Å². The molecule has 0 radical (unpaired) electrons. The van der Waals surface area contributed by atoms with E-state index in [4.69, 9.17) is 46.4 Å². The van der Waals surface area contributed by atoms with E-state index in [0.29, 0.717) is 11.6 Å². The molecule has 11 heteroatoms. The molecule has 0 aromatic carbocycles. The molecular formula is C12H5Cl4F3N2OS. The lowest BCUT2D eigenvalue weighted by Gasteiger charge is -2.11. The third-order valence-electron chi connectivity index (χ3n) is 2.53. The first-order chi connectivity index (χ1) is 10.6. The predicted octanol–water partition coefficient (Wildman–Crippen LogP) is 6.11. The molecule has 2 heterocycles. The fourth-order valence-corrected chi connectivity index (χ4v) is 3.52. The van der Waals surface area contributed by atoms with Gasteiger partial charge in [0, 0.05) is 23.4 Å². The highest BCUT2D eigenvalue weighted by atomic mass is 35.5. The van der Waals surface area contributed by atoms with Crippen molar-refractivity contribution >= 4 is 58.2 Å². The second-order valence-corrected chi connectivity index (χ2v) is 6.60. The molecule has 0 saturated heterocycles. The Balaban J connectivity index is 2.31. The Kier molecular flexibility index (Phi) is 5.79. The first-order valence-corrected chi connectivity index (χ1v) is 8.19. The number of aromatic hydroxyl groups is 1. The normalized spacial score (nSPS) is 11.8. The second kappa shape index (κ2) is 7.11. The van der Waals surface area contributed by atoms with Crippen LogP contribution in [0.1, 0.15) is 11.3 Å². The van der Waals surface area contributed by atoms with Gasteiger partial charge >= 0.3 is 6.18 Å². The van der Waals surface area contributed by atoms with E-state index >= 15 is 0 Å². The van der Waals surface area contributed by atoms with Crippen LogP contribution in [0, 0.1) is 0 Å². The quantitative estimate of drug-likeness (QED) is 0.478. The molecule has 2 rings (SSSR count). The van der Waals surface area contributed by atoms with Gasteiger partial charge in [-0.3, -0.25) is 0 Å². The van der Waals surface area contributed by atoms with Gasteiger partial charge in [0.25, 0.3) is 0 Å². The van der Waals surface area contributed by atoms with Gasteiger partial charge in [-0.15, -0.1) is 11.8 Å². The van der Waals surface area contributed by atoms with Crippen LogP contribution in [0.25, 0.3) is 0 Å². The van der Waals surface area contributed by atoms with Crippen molar-refractivity contribution in [1.29, 1.82) is 0 Å². The molecule has 124 valence electrons. The molecule has 0 aliphatic heterocycles. The van der Waals surface area contributed by atoms with E-state index in [9.17, 15) is 18.3 Å². The van der Waals surface area contributed by atoms with E-state index in [0.717, 1.165) is 17.8 Å². The van der Waals surface area contributed by atoms with E-state index < -0.39 is 17.6 Å². The maximum absolute atomic E-state index is 12.7. The van der Waals surface area contributed by atoms with Gasteiger partial charge in [-0.1, -0.05) is 46.4 Å². The second-order valence-electron chi connectivity index (χ2n) is 4.14. The Labute approximate surface area is 152 Å². The van der Waals surface area contributed by atoms with Crippen molar-refractivity contribution in [3.8, 4) is 5.75 Å². The van der Waals surface area contributed by atoms with Gasteiger partial charge in [0.05, 0.1) is 10.0 Å². The minimum absolute atomic E-state index is 0.0351. The molecule has 2 aromatic rings. The first-order valence-electron chi connectivity index (χ1n) is 5.69. The number of thioether (sulfide) groups is 1. The number of alkyl halides is 3. The van der Waals surface area contributed by atoms with Crippen molar-refractivity contribution in [2.24, 2.45) is 0 Å². The zero-order chi connectivity index (χ0) is 17.4. The molecule has 1 N–H and O–H groups in total. The van der Waals surface area contributed by atoms with Gasteiger partial charge in [-0.25, -0.2) is 9.97 Å². The number of hydrogen-bond acceptors (Lipinski definition) is 4. The zero-order valence-corrected chi connectivity index (χ0v) is 14.6. The summed E-state index contributed by atoms with van der Waals surface area (Å²) in [5.74, 6) is -0.522. The van der Waals surface area contributed by atoms with Crippen LogP contribution in [0.2, 0.25) is 20.4 Å². The summed E-state index contributed by atoms with van der Waals surface area (Å²) >= 11 is 24.4. The topological polar surface area (TPSA) is 46.0 Å². The summed E-state index contributed by atoms with van der Waals surface area (Å²) in [6.07, 6.45) is -4.67. The summed E-state index contributed by atoms with van der Waals surface area (Å²) in [5.41, 5.74) is -0.898. The summed E-state index contributed by atoms with van der Waals surface area (Å²) in [6, 6.07) is 1.62. The van der Waals surface area contributed by atoms with Gasteiger partial charge < -0.3 is 5.11 Å². The van der Waals surface area contributed by atoms with Gasteiger partial charge in [-0.2, -0.15) is 13.2 Å². The van der Waals surface area contributed by atoms with Gasteiger partial charge in [-0.05, 0) is 0 Å². The third-order valence-corrected chi connectivity index (χ3v) is 5.02. The molecule has 0 fully saturated rings. The average Bonchev–Trinajstić information content (AvgIpc) is 2.44. The molecule has 0 spiro atoms. The molecular weight excluding hydrogens is 419 g/mol. The minimum atomic E-state index is -4.67. The summed E-state index contributed by atoms with van der Waals surface area (Å²) < 4.78 is 38.0. The highest BCUT2D eigenvalue weighted by Crippen LogP contribution is 2.39. The van der Waals surface area contributed by atoms with Crippen molar-refractivity contribution in [1.82, 2.24) is 9.97 Å². The van der Waals surface area contributed by atoms with Crippen LogP contribution >= 0.6 is 58.2 Å². The van der Waals surface area contributed by atoms with Crippen molar-refractivity contribution in [2.75, 3.05) is 0 Å². The van der Waals surface area contributed by atoms with E-state index in [-0.39, 0.29) is 31.1 Å². The molecule has 0 aliphatic rings. The Morgan fingerprint density at radius 3 is 2.09 bits per heavy atom. The van der Waals surface area contributed by atoms with Gasteiger partial charge in [0.15, 0.2) is 0 Å². The molecule has 0 atom stereocenters. The van der Waals surface area contributed by atoms with E-state index in [1.54, 1.807) is 0 Å². The highest BCUT2D eigenvalue weighted by Gasteiger charge is 2.33. The molecule has 2 aromatic heterocycles. The lowest BCUT2D eigenvalue weighted by molar-refractivity contribution is -0.141. The first kappa shape index (κ1) is 18.7. The largest absolute Gasteiger partial charge is 0.508 e. The molecule has 0 aliphatic carbocycles. The van der Waals surface area contributed by atoms with Crippen molar-refractivity contribution in [3.63, 3.8) is 0 Å². The van der Waals surface area contributed by atoms with E-state index in [2.05, 4.69) is 9.97 Å². The van der Waals surface area contributed by atoms with E-state index in [1.165, 1.54) is 0 Å². The Hall–Kier alpha value is -0.600. The number of pyridine rings is 2. The van der Waals surface area contributed by atoms with Crippen LogP contribution in [0.4, 0.5) is 13.2 Å². The number of nitrogens with zero attached hydrogens (tertiary/aromatic N) is 2. The number of rotatable bonds is 3. The molecule has 23 heavy (non-hydrogen) atoms. The molecule has 0 unspecified atom stereocenters.